The molecular weight excluding hydrogens is 272 g/mol. The summed E-state index contributed by atoms with van der Waals surface area (Å²) in [6.45, 7) is 2.98. The van der Waals surface area contributed by atoms with Crippen molar-refractivity contribution in [2.24, 2.45) is 5.92 Å². The molecule has 3 rings (SSSR count). The maximum Gasteiger partial charge on any atom is 0.161 e. The second kappa shape index (κ2) is 5.15. The quantitative estimate of drug-likeness (QED) is 0.810. The summed E-state index contributed by atoms with van der Waals surface area (Å²) < 4.78 is 30.3. The van der Waals surface area contributed by atoms with Crippen molar-refractivity contribution in [1.29, 1.82) is 0 Å². The van der Waals surface area contributed by atoms with Crippen LogP contribution in [0.1, 0.15) is 38.2 Å². The van der Waals surface area contributed by atoms with Crippen molar-refractivity contribution in [2.45, 2.75) is 49.2 Å². The molecule has 0 bridgehead atoms. The van der Waals surface area contributed by atoms with Gasteiger partial charge in [0.05, 0.1) is 23.2 Å². The minimum absolute atomic E-state index is 0.111. The second-order valence-electron chi connectivity index (χ2n) is 6.41. The molecule has 2 saturated carbocycles. The van der Waals surface area contributed by atoms with Gasteiger partial charge in [0, 0.05) is 0 Å². The Hall–Kier alpha value is -0.870. The fraction of sp³-hybridized carbons (Fsp3) is 0.625. The molecule has 4 heteroatoms. The summed E-state index contributed by atoms with van der Waals surface area (Å²) in [4.78, 5) is 0. The van der Waals surface area contributed by atoms with E-state index in [0.29, 0.717) is 19.1 Å². The predicted molar refractivity (Wildman–Crippen MR) is 79.2 cm³/mol. The zero-order valence-electron chi connectivity index (χ0n) is 11.9. The zero-order valence-corrected chi connectivity index (χ0v) is 12.7. The van der Waals surface area contributed by atoms with Crippen LogP contribution in [0, 0.1) is 5.92 Å². The lowest BCUT2D eigenvalue weighted by atomic mass is 9.87. The maximum absolute atomic E-state index is 12.6. The van der Waals surface area contributed by atoms with Crippen LogP contribution >= 0.6 is 0 Å². The Balaban J connectivity index is 1.57. The third kappa shape index (κ3) is 2.51. The molecule has 2 fully saturated rings. The van der Waals surface area contributed by atoms with Gasteiger partial charge in [-0.3, -0.25) is 0 Å². The highest BCUT2D eigenvalue weighted by Gasteiger charge is 2.58. The van der Waals surface area contributed by atoms with E-state index in [1.54, 1.807) is 0 Å². The fourth-order valence-corrected chi connectivity index (χ4v) is 5.80. The van der Waals surface area contributed by atoms with Crippen LogP contribution in [0.5, 0.6) is 0 Å². The van der Waals surface area contributed by atoms with Gasteiger partial charge in [-0.2, -0.15) is 0 Å². The molecule has 0 heterocycles. The Morgan fingerprint density at radius 2 is 1.85 bits per heavy atom. The van der Waals surface area contributed by atoms with Gasteiger partial charge < -0.3 is 4.74 Å². The van der Waals surface area contributed by atoms with Crippen molar-refractivity contribution in [1.82, 2.24) is 0 Å². The number of rotatable bonds is 6. The van der Waals surface area contributed by atoms with Crippen LogP contribution in [0.4, 0.5) is 0 Å². The summed E-state index contributed by atoms with van der Waals surface area (Å²) in [6.07, 6.45) is 3.22. The monoisotopic (exact) mass is 294 g/mol. The van der Waals surface area contributed by atoms with Crippen molar-refractivity contribution in [3.05, 3.63) is 35.9 Å². The first-order chi connectivity index (χ1) is 9.53. The molecule has 0 saturated heterocycles. The van der Waals surface area contributed by atoms with Crippen LogP contribution < -0.4 is 0 Å². The maximum atomic E-state index is 12.6. The number of benzene rings is 1. The second-order valence-corrected chi connectivity index (χ2v) is 9.03. The number of ether oxygens (including phenoxy) is 1. The van der Waals surface area contributed by atoms with Crippen molar-refractivity contribution >= 4 is 9.84 Å². The first kappa shape index (κ1) is 14.1. The molecule has 20 heavy (non-hydrogen) atoms. The molecule has 0 spiro atoms. The number of sulfone groups is 1. The highest BCUT2D eigenvalue weighted by molar-refractivity contribution is 7.93. The summed E-state index contributed by atoms with van der Waals surface area (Å²) in [5.74, 6) is 0.566. The summed E-state index contributed by atoms with van der Waals surface area (Å²) in [5.41, 5.74) is 1.10. The van der Waals surface area contributed by atoms with E-state index in [2.05, 4.69) is 6.92 Å². The van der Waals surface area contributed by atoms with E-state index in [0.717, 1.165) is 31.2 Å². The lowest BCUT2D eigenvalue weighted by molar-refractivity contribution is 0.115. The van der Waals surface area contributed by atoms with E-state index in [-0.39, 0.29) is 5.25 Å². The van der Waals surface area contributed by atoms with Gasteiger partial charge in [-0.25, -0.2) is 8.42 Å². The van der Waals surface area contributed by atoms with Crippen LogP contribution in [0.25, 0.3) is 0 Å². The first-order valence-corrected chi connectivity index (χ1v) is 8.93. The van der Waals surface area contributed by atoms with Gasteiger partial charge in [0.25, 0.3) is 0 Å². The molecule has 3 nitrogen and oxygen atoms in total. The number of hydrogen-bond acceptors (Lipinski definition) is 3. The van der Waals surface area contributed by atoms with Crippen LogP contribution in [0.2, 0.25) is 0 Å². The lowest BCUT2D eigenvalue weighted by Crippen LogP contribution is -2.43. The summed E-state index contributed by atoms with van der Waals surface area (Å²) in [7, 11) is -3.00. The van der Waals surface area contributed by atoms with E-state index < -0.39 is 14.6 Å². The Morgan fingerprint density at radius 3 is 2.40 bits per heavy atom. The summed E-state index contributed by atoms with van der Waals surface area (Å²) in [6, 6.07) is 9.91. The van der Waals surface area contributed by atoms with E-state index in [4.69, 9.17) is 4.74 Å². The molecular formula is C16H22O3S. The van der Waals surface area contributed by atoms with Gasteiger partial charge in [0.15, 0.2) is 9.84 Å². The molecule has 0 amide bonds. The normalized spacial score (nSPS) is 27.9. The average Bonchev–Trinajstić information content (AvgIpc) is 3.18. The van der Waals surface area contributed by atoms with Gasteiger partial charge in [0.1, 0.15) is 0 Å². The van der Waals surface area contributed by atoms with E-state index >= 15 is 0 Å². The third-order valence-electron chi connectivity index (χ3n) is 4.66. The van der Waals surface area contributed by atoms with E-state index in [1.807, 2.05) is 30.3 Å². The SMILES string of the molecule is C[C@H]1C[C@@H](S(=O)(=O)C2(COCc3ccccc3)CC2)C1. The lowest BCUT2D eigenvalue weighted by Gasteiger charge is -2.35. The molecule has 1 aromatic carbocycles. The average molecular weight is 294 g/mol. The molecule has 0 radical (unpaired) electrons. The van der Waals surface area contributed by atoms with Gasteiger partial charge >= 0.3 is 0 Å². The van der Waals surface area contributed by atoms with Crippen molar-refractivity contribution in [3.63, 3.8) is 0 Å². The molecule has 0 N–H and O–H groups in total. The molecule has 0 unspecified atom stereocenters. The molecule has 110 valence electrons. The van der Waals surface area contributed by atoms with Crippen molar-refractivity contribution < 1.29 is 13.2 Å². The molecule has 2 aliphatic carbocycles. The first-order valence-electron chi connectivity index (χ1n) is 7.39. The van der Waals surface area contributed by atoms with Crippen LogP contribution in [0.3, 0.4) is 0 Å². The molecule has 2 aliphatic rings. The van der Waals surface area contributed by atoms with Gasteiger partial charge in [-0.1, -0.05) is 37.3 Å². The van der Waals surface area contributed by atoms with Crippen LogP contribution in [-0.2, 0) is 21.2 Å². The minimum Gasteiger partial charge on any atom is -0.375 e. The largest absolute Gasteiger partial charge is 0.375 e. The van der Waals surface area contributed by atoms with Crippen LogP contribution in [0.15, 0.2) is 30.3 Å². The third-order valence-corrected chi connectivity index (χ3v) is 7.65. The highest BCUT2D eigenvalue weighted by Crippen LogP contribution is 2.50. The van der Waals surface area contributed by atoms with Crippen molar-refractivity contribution in [2.75, 3.05) is 6.61 Å². The number of hydrogen-bond donors (Lipinski definition) is 0. The molecule has 0 atom stereocenters. The summed E-state index contributed by atoms with van der Waals surface area (Å²) in [5, 5.41) is -0.111. The van der Waals surface area contributed by atoms with Gasteiger partial charge in [0.2, 0.25) is 0 Å². The van der Waals surface area contributed by atoms with Gasteiger partial charge in [-0.05, 0) is 37.2 Å². The molecule has 0 aromatic heterocycles. The zero-order chi connectivity index (χ0) is 14.2. The molecule has 0 aliphatic heterocycles. The predicted octanol–water partition coefficient (Wildman–Crippen LogP) is 2.95. The topological polar surface area (TPSA) is 43.4 Å². The van der Waals surface area contributed by atoms with E-state index in [9.17, 15) is 8.42 Å². The molecule has 1 aromatic rings. The smallest absolute Gasteiger partial charge is 0.161 e. The Bertz CT molecular complexity index is 555. The van der Waals surface area contributed by atoms with Gasteiger partial charge in [-0.15, -0.1) is 0 Å². The van der Waals surface area contributed by atoms with Crippen molar-refractivity contribution in [3.8, 4) is 0 Å². The minimum atomic E-state index is -3.00. The summed E-state index contributed by atoms with van der Waals surface area (Å²) >= 11 is 0. The Morgan fingerprint density at radius 1 is 1.20 bits per heavy atom. The standard InChI is InChI=1S/C16H22O3S/c1-13-9-15(10-13)20(17,18)16(7-8-16)12-19-11-14-5-3-2-4-6-14/h2-6,13,15H,7-12H2,1H3/t13-,15+. The Labute approximate surface area is 121 Å². The van der Waals surface area contributed by atoms with E-state index in [1.165, 1.54) is 0 Å². The van der Waals surface area contributed by atoms with Crippen LogP contribution in [-0.4, -0.2) is 25.0 Å². The Kier molecular flexibility index (Phi) is 3.63. The fourth-order valence-electron chi connectivity index (χ4n) is 3.01. The highest BCUT2D eigenvalue weighted by atomic mass is 32.2.